The van der Waals surface area contributed by atoms with Crippen LogP contribution in [0.3, 0.4) is 0 Å². The number of benzene rings is 2. The second-order valence-electron chi connectivity index (χ2n) is 6.47. The summed E-state index contributed by atoms with van der Waals surface area (Å²) in [5.74, 6) is 0. The third kappa shape index (κ3) is 4.32. The van der Waals surface area contributed by atoms with E-state index < -0.39 is 18.2 Å². The maximum absolute atomic E-state index is 14.1. The molecule has 29 heavy (non-hydrogen) atoms. The highest BCUT2D eigenvalue weighted by Gasteiger charge is 2.62. The Labute approximate surface area is 185 Å². The van der Waals surface area contributed by atoms with Crippen LogP contribution < -0.4 is 5.32 Å². The van der Waals surface area contributed by atoms with Gasteiger partial charge in [0.2, 0.25) is 0 Å². The molecular weight excluding hydrogens is 471 g/mol. The van der Waals surface area contributed by atoms with Gasteiger partial charge in [-0.3, -0.25) is 0 Å². The first-order chi connectivity index (χ1) is 13.6. The van der Waals surface area contributed by atoms with E-state index in [1.54, 1.807) is 18.2 Å². The first kappa shape index (κ1) is 22.5. The molecule has 0 amide bonds. The third-order valence-corrected chi connectivity index (χ3v) is 6.14. The minimum atomic E-state index is -4.78. The first-order valence-corrected chi connectivity index (χ1v) is 10.1. The maximum atomic E-state index is 14.1. The molecule has 3 nitrogen and oxygen atoms in total. The van der Waals surface area contributed by atoms with Crippen LogP contribution in [0.4, 0.5) is 13.2 Å². The molecule has 1 aliphatic heterocycles. The molecule has 0 radical (unpaired) electrons. The van der Waals surface area contributed by atoms with Gasteiger partial charge in [0.1, 0.15) is 0 Å². The molecule has 0 fully saturated rings. The molecule has 1 heterocycles. The Morgan fingerprint density at radius 2 is 1.72 bits per heavy atom. The summed E-state index contributed by atoms with van der Waals surface area (Å²) in [6.07, 6.45) is -5.35. The fourth-order valence-corrected chi connectivity index (χ4v) is 3.82. The lowest BCUT2D eigenvalue weighted by molar-refractivity contribution is -0.275. The van der Waals surface area contributed by atoms with E-state index in [9.17, 15) is 13.2 Å². The average Bonchev–Trinajstić information content (AvgIpc) is 3.11. The Hall–Kier alpha value is -1.18. The van der Waals surface area contributed by atoms with Crippen molar-refractivity contribution in [1.29, 1.82) is 0 Å². The van der Waals surface area contributed by atoms with Crippen LogP contribution in [0.15, 0.2) is 35.5 Å². The Balaban J connectivity index is 1.96. The molecule has 0 bridgehead atoms. The summed E-state index contributed by atoms with van der Waals surface area (Å²) >= 11 is 24.0. The number of nitrogens with one attached hydrogen (secondary N) is 1. The van der Waals surface area contributed by atoms with Crippen molar-refractivity contribution in [2.75, 3.05) is 6.54 Å². The highest BCUT2D eigenvalue weighted by atomic mass is 35.5. The summed E-state index contributed by atoms with van der Waals surface area (Å²) in [6.45, 7) is 3.27. The van der Waals surface area contributed by atoms with E-state index in [0.29, 0.717) is 17.1 Å². The van der Waals surface area contributed by atoms with Crippen molar-refractivity contribution in [1.82, 2.24) is 5.32 Å². The molecule has 1 atom stereocenters. The van der Waals surface area contributed by atoms with Crippen molar-refractivity contribution in [3.8, 4) is 0 Å². The topological polar surface area (TPSA) is 33.6 Å². The monoisotopic (exact) mass is 484 g/mol. The summed E-state index contributed by atoms with van der Waals surface area (Å²) in [5.41, 5.74) is -1.63. The van der Waals surface area contributed by atoms with E-state index in [2.05, 4.69) is 10.5 Å². The van der Waals surface area contributed by atoms with Crippen molar-refractivity contribution >= 4 is 52.1 Å². The van der Waals surface area contributed by atoms with Crippen molar-refractivity contribution < 1.29 is 18.0 Å². The van der Waals surface area contributed by atoms with Gasteiger partial charge in [0.05, 0.1) is 20.8 Å². The van der Waals surface area contributed by atoms with Crippen molar-refractivity contribution in [2.45, 2.75) is 31.7 Å². The minimum absolute atomic E-state index is 0.0309. The lowest BCUT2D eigenvalue weighted by Crippen LogP contribution is -2.42. The van der Waals surface area contributed by atoms with E-state index in [4.69, 9.17) is 51.2 Å². The highest BCUT2D eigenvalue weighted by Crippen LogP contribution is 2.50. The fraction of sp³-hybridized carbons (Fsp3) is 0.316. The Morgan fingerprint density at radius 1 is 1.07 bits per heavy atom. The normalized spacial score (nSPS) is 19.2. The van der Waals surface area contributed by atoms with E-state index >= 15 is 0 Å². The predicted molar refractivity (Wildman–Crippen MR) is 110 cm³/mol. The molecule has 0 aromatic heterocycles. The molecule has 0 saturated heterocycles. The number of hydrogen-bond donors (Lipinski definition) is 1. The van der Waals surface area contributed by atoms with Crippen LogP contribution in [0.2, 0.25) is 20.1 Å². The molecule has 1 N–H and O–H groups in total. The molecule has 1 unspecified atom stereocenters. The standard InChI is InChI=1S/C19H15Cl4F3N2O/c1-2-27-9-11-4-3-10(5-13(11)20)16-8-18(29-28-16,19(24,25)26)12-6-14(21)17(23)15(22)7-12/h3-7,27H,2,8-9H2,1H3. The van der Waals surface area contributed by atoms with E-state index in [1.165, 1.54) is 0 Å². The van der Waals surface area contributed by atoms with Gasteiger partial charge in [-0.25, -0.2) is 0 Å². The maximum Gasteiger partial charge on any atom is 0.435 e. The zero-order valence-corrected chi connectivity index (χ0v) is 18.0. The molecule has 10 heteroatoms. The first-order valence-electron chi connectivity index (χ1n) is 8.55. The van der Waals surface area contributed by atoms with Gasteiger partial charge in [-0.05, 0) is 30.3 Å². The lowest BCUT2D eigenvalue weighted by Gasteiger charge is -2.30. The molecule has 2 aromatic rings. The Bertz CT molecular complexity index is 942. The zero-order chi connectivity index (χ0) is 21.4. The molecule has 1 aliphatic rings. The van der Waals surface area contributed by atoms with Gasteiger partial charge in [0.15, 0.2) is 0 Å². The molecule has 0 aliphatic carbocycles. The second kappa shape index (κ2) is 8.52. The van der Waals surface area contributed by atoms with Crippen molar-refractivity contribution in [2.24, 2.45) is 5.16 Å². The summed E-state index contributed by atoms with van der Waals surface area (Å²) < 4.78 is 42.3. The van der Waals surface area contributed by atoms with Crippen LogP contribution in [-0.2, 0) is 17.0 Å². The van der Waals surface area contributed by atoms with Crippen LogP contribution in [0.1, 0.15) is 30.0 Å². The largest absolute Gasteiger partial charge is 0.435 e. The van der Waals surface area contributed by atoms with E-state index in [1.807, 2.05) is 6.92 Å². The fourth-order valence-electron chi connectivity index (χ4n) is 2.98. The van der Waals surface area contributed by atoms with Gasteiger partial charge in [-0.15, -0.1) is 0 Å². The Kier molecular flexibility index (Phi) is 6.61. The molecule has 156 valence electrons. The van der Waals surface area contributed by atoms with Crippen molar-refractivity contribution in [3.63, 3.8) is 0 Å². The van der Waals surface area contributed by atoms with Gasteiger partial charge in [0.25, 0.3) is 5.60 Å². The minimum Gasteiger partial charge on any atom is -0.374 e. The Morgan fingerprint density at radius 3 is 2.28 bits per heavy atom. The SMILES string of the molecule is CCNCc1ccc(C2=NOC(c3cc(Cl)c(Cl)c(Cl)c3)(C(F)(F)F)C2)cc1Cl. The van der Waals surface area contributed by atoms with Crippen LogP contribution in [0.25, 0.3) is 0 Å². The molecular formula is C19H15Cl4F3N2O. The summed E-state index contributed by atoms with van der Waals surface area (Å²) in [5, 5.41) is 7.04. The molecule has 0 spiro atoms. The number of rotatable bonds is 5. The quantitative estimate of drug-likeness (QED) is 0.463. The molecule has 0 saturated carbocycles. The van der Waals surface area contributed by atoms with E-state index in [0.717, 1.165) is 24.2 Å². The lowest BCUT2D eigenvalue weighted by atomic mass is 9.86. The van der Waals surface area contributed by atoms with Gasteiger partial charge in [-0.1, -0.05) is 70.6 Å². The zero-order valence-electron chi connectivity index (χ0n) is 15.0. The predicted octanol–water partition coefficient (Wildman–Crippen LogP) is 6.99. The van der Waals surface area contributed by atoms with Crippen molar-refractivity contribution in [3.05, 3.63) is 67.1 Å². The average molecular weight is 486 g/mol. The van der Waals surface area contributed by atoms with Crippen LogP contribution in [0, 0.1) is 0 Å². The van der Waals surface area contributed by atoms with Gasteiger partial charge in [0, 0.05) is 29.1 Å². The van der Waals surface area contributed by atoms with Gasteiger partial charge in [-0.2, -0.15) is 13.2 Å². The van der Waals surface area contributed by atoms with Crippen LogP contribution in [-0.4, -0.2) is 18.4 Å². The van der Waals surface area contributed by atoms with Crippen LogP contribution in [0.5, 0.6) is 0 Å². The number of oxime groups is 1. The van der Waals surface area contributed by atoms with E-state index in [-0.39, 0.29) is 26.3 Å². The number of halogens is 7. The number of alkyl halides is 3. The number of nitrogens with zero attached hydrogens (tertiary/aromatic N) is 1. The third-order valence-electron chi connectivity index (χ3n) is 4.59. The second-order valence-corrected chi connectivity index (χ2v) is 8.07. The van der Waals surface area contributed by atoms with Crippen LogP contribution >= 0.6 is 46.4 Å². The summed E-state index contributed by atoms with van der Waals surface area (Å²) in [7, 11) is 0. The molecule has 3 rings (SSSR count). The molecule has 2 aromatic carbocycles. The smallest absolute Gasteiger partial charge is 0.374 e. The summed E-state index contributed by atoms with van der Waals surface area (Å²) in [6, 6.07) is 7.16. The number of hydrogen-bond acceptors (Lipinski definition) is 3. The summed E-state index contributed by atoms with van der Waals surface area (Å²) in [4.78, 5) is 4.99. The highest BCUT2D eigenvalue weighted by molar-refractivity contribution is 6.48. The van der Waals surface area contributed by atoms with Gasteiger partial charge >= 0.3 is 6.18 Å². The van der Waals surface area contributed by atoms with Gasteiger partial charge < -0.3 is 10.2 Å².